The minimum Gasteiger partial charge on any atom is -0.484 e. The van der Waals surface area contributed by atoms with Gasteiger partial charge in [-0.1, -0.05) is 35.4 Å². The Morgan fingerprint density at radius 3 is 1.79 bits per heavy atom. The molecule has 2 N–H and O–H groups in total. The number of amides is 2. The lowest BCUT2D eigenvalue weighted by molar-refractivity contribution is -0.125. The Kier molecular flexibility index (Phi) is 8.07. The first kappa shape index (κ1) is 22.3. The first-order valence-corrected chi connectivity index (χ1v) is 9.70. The number of hydrogen-bond donors (Lipinski definition) is 2. The zero-order chi connectivity index (χ0) is 21.4. The molecule has 6 nitrogen and oxygen atoms in total. The standard InChI is InChI=1S/C23H30N2O4/c1-15-6-8-20(17(3)10-15)28-13-22(26)24-12-19(5)25-23(27)14-29-21-9-7-16(2)11-18(21)4/h6-11,19H,12-14H2,1-5H3,(H,24,26)(H,25,27). The van der Waals surface area contributed by atoms with Crippen LogP contribution in [-0.4, -0.2) is 37.6 Å². The van der Waals surface area contributed by atoms with Gasteiger partial charge in [-0.15, -0.1) is 0 Å². The van der Waals surface area contributed by atoms with Crippen molar-refractivity contribution in [1.29, 1.82) is 0 Å². The lowest BCUT2D eigenvalue weighted by Crippen LogP contribution is -2.44. The summed E-state index contributed by atoms with van der Waals surface area (Å²) >= 11 is 0. The van der Waals surface area contributed by atoms with E-state index < -0.39 is 0 Å². The summed E-state index contributed by atoms with van der Waals surface area (Å²) in [6.07, 6.45) is 0. The van der Waals surface area contributed by atoms with Crippen molar-refractivity contribution >= 4 is 11.8 Å². The Balaban J connectivity index is 1.68. The molecule has 29 heavy (non-hydrogen) atoms. The smallest absolute Gasteiger partial charge is 0.258 e. The van der Waals surface area contributed by atoms with Crippen LogP contribution < -0.4 is 20.1 Å². The van der Waals surface area contributed by atoms with Gasteiger partial charge < -0.3 is 20.1 Å². The Labute approximate surface area is 172 Å². The molecule has 2 rings (SSSR count). The van der Waals surface area contributed by atoms with Crippen molar-refractivity contribution in [2.45, 2.75) is 40.7 Å². The maximum atomic E-state index is 12.1. The Morgan fingerprint density at radius 1 is 0.828 bits per heavy atom. The van der Waals surface area contributed by atoms with Crippen molar-refractivity contribution in [1.82, 2.24) is 10.6 Å². The highest BCUT2D eigenvalue weighted by Gasteiger charge is 2.11. The maximum absolute atomic E-state index is 12.1. The zero-order valence-corrected chi connectivity index (χ0v) is 17.8. The third-order valence-corrected chi connectivity index (χ3v) is 4.39. The number of carbonyl (C=O) groups excluding carboxylic acids is 2. The highest BCUT2D eigenvalue weighted by atomic mass is 16.5. The molecule has 0 aliphatic carbocycles. The molecule has 0 fully saturated rings. The number of nitrogens with one attached hydrogen (secondary N) is 2. The molecule has 0 aromatic heterocycles. The molecular weight excluding hydrogens is 368 g/mol. The maximum Gasteiger partial charge on any atom is 0.258 e. The van der Waals surface area contributed by atoms with Crippen molar-refractivity contribution in [2.24, 2.45) is 0 Å². The molecule has 0 saturated carbocycles. The molecule has 0 heterocycles. The molecule has 2 aromatic rings. The average Bonchev–Trinajstić information content (AvgIpc) is 2.65. The molecule has 0 aliphatic heterocycles. The fraction of sp³-hybridized carbons (Fsp3) is 0.391. The normalized spacial score (nSPS) is 11.5. The Morgan fingerprint density at radius 2 is 1.31 bits per heavy atom. The molecule has 0 spiro atoms. The van der Waals surface area contributed by atoms with Crippen LogP contribution in [0.3, 0.4) is 0 Å². The first-order valence-electron chi connectivity index (χ1n) is 9.70. The van der Waals surface area contributed by atoms with E-state index in [0.29, 0.717) is 18.0 Å². The van der Waals surface area contributed by atoms with Crippen LogP contribution in [0.5, 0.6) is 11.5 Å². The van der Waals surface area contributed by atoms with E-state index in [-0.39, 0.29) is 31.1 Å². The molecule has 0 bridgehead atoms. The van der Waals surface area contributed by atoms with Gasteiger partial charge in [-0.2, -0.15) is 0 Å². The van der Waals surface area contributed by atoms with E-state index >= 15 is 0 Å². The minimum absolute atomic E-state index is 0.0691. The van der Waals surface area contributed by atoms with Crippen molar-refractivity contribution in [3.8, 4) is 11.5 Å². The molecule has 2 aromatic carbocycles. The fourth-order valence-corrected chi connectivity index (χ4v) is 2.89. The van der Waals surface area contributed by atoms with Gasteiger partial charge in [0.25, 0.3) is 11.8 Å². The fourth-order valence-electron chi connectivity index (χ4n) is 2.89. The van der Waals surface area contributed by atoms with Crippen LogP contribution in [-0.2, 0) is 9.59 Å². The summed E-state index contributed by atoms with van der Waals surface area (Å²) in [5.41, 5.74) is 4.26. The van der Waals surface area contributed by atoms with E-state index in [9.17, 15) is 9.59 Å². The number of benzene rings is 2. The summed E-state index contributed by atoms with van der Waals surface area (Å²) in [5, 5.41) is 5.56. The van der Waals surface area contributed by atoms with Gasteiger partial charge in [0, 0.05) is 12.6 Å². The van der Waals surface area contributed by atoms with Gasteiger partial charge in [0.1, 0.15) is 11.5 Å². The molecule has 0 saturated heterocycles. The SMILES string of the molecule is Cc1ccc(OCC(=O)NCC(C)NC(=O)COc2ccc(C)cc2C)c(C)c1. The molecule has 1 unspecified atom stereocenters. The molecular formula is C23H30N2O4. The van der Waals surface area contributed by atoms with Gasteiger partial charge >= 0.3 is 0 Å². The lowest BCUT2D eigenvalue weighted by atomic mass is 10.1. The van der Waals surface area contributed by atoms with Crippen LogP contribution in [0.25, 0.3) is 0 Å². The number of carbonyl (C=O) groups is 2. The number of ether oxygens (including phenoxy) is 2. The molecule has 156 valence electrons. The second-order valence-electron chi connectivity index (χ2n) is 7.39. The Bertz CT molecular complexity index is 864. The topological polar surface area (TPSA) is 76.7 Å². The molecule has 1 atom stereocenters. The number of rotatable bonds is 9. The summed E-state index contributed by atoms with van der Waals surface area (Å²) in [5.74, 6) is 0.904. The second kappa shape index (κ2) is 10.5. The third kappa shape index (κ3) is 7.49. The molecule has 2 amide bonds. The predicted molar refractivity (Wildman–Crippen MR) is 113 cm³/mol. The predicted octanol–water partition coefficient (Wildman–Crippen LogP) is 3.00. The summed E-state index contributed by atoms with van der Waals surface area (Å²) in [4.78, 5) is 24.0. The van der Waals surface area contributed by atoms with Crippen molar-refractivity contribution < 1.29 is 19.1 Å². The highest BCUT2D eigenvalue weighted by molar-refractivity contribution is 5.79. The lowest BCUT2D eigenvalue weighted by Gasteiger charge is -2.16. The van der Waals surface area contributed by atoms with Crippen molar-refractivity contribution in [2.75, 3.05) is 19.8 Å². The van der Waals surface area contributed by atoms with Crippen LogP contribution >= 0.6 is 0 Å². The zero-order valence-electron chi connectivity index (χ0n) is 17.8. The van der Waals surface area contributed by atoms with Gasteiger partial charge in [-0.05, 0) is 57.9 Å². The van der Waals surface area contributed by atoms with E-state index in [1.165, 1.54) is 0 Å². The largest absolute Gasteiger partial charge is 0.484 e. The monoisotopic (exact) mass is 398 g/mol. The average molecular weight is 399 g/mol. The summed E-state index contributed by atoms with van der Waals surface area (Å²) in [6.45, 7) is 9.89. The van der Waals surface area contributed by atoms with Crippen molar-refractivity contribution in [3.63, 3.8) is 0 Å². The van der Waals surface area contributed by atoms with E-state index in [0.717, 1.165) is 22.3 Å². The summed E-state index contributed by atoms with van der Waals surface area (Å²) in [6, 6.07) is 11.4. The van der Waals surface area contributed by atoms with E-state index in [1.807, 2.05) is 71.0 Å². The first-order chi connectivity index (χ1) is 13.7. The van der Waals surface area contributed by atoms with Crippen LogP contribution in [0, 0.1) is 27.7 Å². The van der Waals surface area contributed by atoms with Crippen LogP contribution in [0.15, 0.2) is 36.4 Å². The third-order valence-electron chi connectivity index (χ3n) is 4.39. The van der Waals surface area contributed by atoms with E-state index in [2.05, 4.69) is 10.6 Å². The second-order valence-corrected chi connectivity index (χ2v) is 7.39. The number of hydrogen-bond acceptors (Lipinski definition) is 4. The van der Waals surface area contributed by atoms with Gasteiger partial charge in [-0.3, -0.25) is 9.59 Å². The quantitative estimate of drug-likeness (QED) is 0.681. The van der Waals surface area contributed by atoms with Crippen molar-refractivity contribution in [3.05, 3.63) is 58.7 Å². The van der Waals surface area contributed by atoms with E-state index in [4.69, 9.17) is 9.47 Å². The van der Waals surface area contributed by atoms with E-state index in [1.54, 1.807) is 0 Å². The van der Waals surface area contributed by atoms with Crippen LogP contribution in [0.4, 0.5) is 0 Å². The van der Waals surface area contributed by atoms with Gasteiger partial charge in [0.15, 0.2) is 13.2 Å². The molecule has 6 heteroatoms. The van der Waals surface area contributed by atoms with Gasteiger partial charge in [0.05, 0.1) is 0 Å². The minimum atomic E-state index is -0.238. The van der Waals surface area contributed by atoms with Gasteiger partial charge in [-0.25, -0.2) is 0 Å². The Hall–Kier alpha value is -3.02. The number of aryl methyl sites for hydroxylation is 4. The van der Waals surface area contributed by atoms with Crippen LogP contribution in [0.2, 0.25) is 0 Å². The molecule has 0 radical (unpaired) electrons. The highest BCUT2D eigenvalue weighted by Crippen LogP contribution is 2.19. The summed E-state index contributed by atoms with van der Waals surface area (Å²) < 4.78 is 11.1. The summed E-state index contributed by atoms with van der Waals surface area (Å²) in [7, 11) is 0. The molecule has 0 aliphatic rings. The van der Waals surface area contributed by atoms with Crippen LogP contribution in [0.1, 0.15) is 29.2 Å². The van der Waals surface area contributed by atoms with Gasteiger partial charge in [0.2, 0.25) is 0 Å².